The molecule has 3 N–H and O–H groups in total. The standard InChI is InChI=1S/C8H13N3O/c1-4-11-5-7(6(2)12)8(9)10-3/h4-5,11H,1H2,2-3H3,(H2,9,10)/b7-5-. The monoisotopic (exact) mass is 167 g/mol. The average Bonchev–Trinajstić information content (AvgIpc) is 2.04. The van der Waals surface area contributed by atoms with E-state index in [1.807, 2.05) is 0 Å². The van der Waals surface area contributed by atoms with E-state index in [1.165, 1.54) is 26.4 Å². The molecule has 0 aromatic heterocycles. The topological polar surface area (TPSA) is 67.5 Å². The Morgan fingerprint density at radius 2 is 2.25 bits per heavy atom. The van der Waals surface area contributed by atoms with Crippen molar-refractivity contribution in [2.45, 2.75) is 6.92 Å². The number of nitrogens with zero attached hydrogens (tertiary/aromatic N) is 1. The van der Waals surface area contributed by atoms with Crippen molar-refractivity contribution in [3.05, 3.63) is 24.6 Å². The van der Waals surface area contributed by atoms with Crippen molar-refractivity contribution in [3.8, 4) is 0 Å². The molecule has 0 aliphatic carbocycles. The Morgan fingerprint density at radius 3 is 2.58 bits per heavy atom. The van der Waals surface area contributed by atoms with Crippen molar-refractivity contribution in [3.63, 3.8) is 0 Å². The number of aliphatic imine (C=N–C) groups is 1. The highest BCUT2D eigenvalue weighted by Crippen LogP contribution is 1.94. The number of nitrogens with two attached hydrogens (primary N) is 1. The molecule has 0 unspecified atom stereocenters. The van der Waals surface area contributed by atoms with Crippen LogP contribution < -0.4 is 11.1 Å². The molecule has 0 amide bonds. The first-order valence-electron chi connectivity index (χ1n) is 3.44. The largest absolute Gasteiger partial charge is 0.383 e. The first-order chi connectivity index (χ1) is 5.63. The molecular weight excluding hydrogens is 154 g/mol. The summed E-state index contributed by atoms with van der Waals surface area (Å²) in [7, 11) is 1.53. The lowest BCUT2D eigenvalue weighted by Crippen LogP contribution is -2.21. The Balaban J connectivity index is 4.66. The van der Waals surface area contributed by atoms with Gasteiger partial charge in [-0.2, -0.15) is 0 Å². The van der Waals surface area contributed by atoms with E-state index in [0.717, 1.165) is 0 Å². The van der Waals surface area contributed by atoms with E-state index in [1.54, 1.807) is 0 Å². The second kappa shape index (κ2) is 5.12. The highest BCUT2D eigenvalue weighted by Gasteiger charge is 2.06. The predicted molar refractivity (Wildman–Crippen MR) is 49.6 cm³/mol. The van der Waals surface area contributed by atoms with Crippen LogP contribution in [-0.2, 0) is 4.79 Å². The summed E-state index contributed by atoms with van der Waals surface area (Å²) < 4.78 is 0. The predicted octanol–water partition coefficient (Wildman–Crippen LogP) is 0.179. The Kier molecular flexibility index (Phi) is 4.45. The number of hydrogen-bond donors (Lipinski definition) is 2. The van der Waals surface area contributed by atoms with E-state index in [4.69, 9.17) is 5.73 Å². The lowest BCUT2D eigenvalue weighted by atomic mass is 10.2. The fourth-order valence-corrected chi connectivity index (χ4v) is 0.619. The van der Waals surface area contributed by atoms with Gasteiger partial charge in [-0.1, -0.05) is 6.58 Å². The molecule has 4 heteroatoms. The van der Waals surface area contributed by atoms with Gasteiger partial charge in [0.25, 0.3) is 0 Å². The number of carbonyl (C=O) groups excluding carboxylic acids is 1. The van der Waals surface area contributed by atoms with Crippen LogP contribution in [0.3, 0.4) is 0 Å². The third kappa shape index (κ3) is 3.01. The van der Waals surface area contributed by atoms with Gasteiger partial charge >= 0.3 is 0 Å². The van der Waals surface area contributed by atoms with Gasteiger partial charge in [0, 0.05) is 13.2 Å². The van der Waals surface area contributed by atoms with Gasteiger partial charge in [0.05, 0.1) is 5.57 Å². The number of amidine groups is 1. The van der Waals surface area contributed by atoms with Gasteiger partial charge in [0.2, 0.25) is 0 Å². The van der Waals surface area contributed by atoms with Gasteiger partial charge in [-0.3, -0.25) is 9.79 Å². The summed E-state index contributed by atoms with van der Waals surface area (Å²) >= 11 is 0. The van der Waals surface area contributed by atoms with Crippen molar-refractivity contribution in [1.29, 1.82) is 0 Å². The van der Waals surface area contributed by atoms with E-state index < -0.39 is 0 Å². The Labute approximate surface area is 71.9 Å². The van der Waals surface area contributed by atoms with E-state index in [-0.39, 0.29) is 11.6 Å². The van der Waals surface area contributed by atoms with Crippen LogP contribution in [0.25, 0.3) is 0 Å². The highest BCUT2D eigenvalue weighted by molar-refractivity contribution is 6.19. The molecule has 0 radical (unpaired) electrons. The normalized spacial score (nSPS) is 12.5. The second-order valence-electron chi connectivity index (χ2n) is 2.09. The second-order valence-corrected chi connectivity index (χ2v) is 2.09. The van der Waals surface area contributed by atoms with Gasteiger partial charge in [0.15, 0.2) is 5.78 Å². The van der Waals surface area contributed by atoms with Gasteiger partial charge in [-0.15, -0.1) is 0 Å². The quantitative estimate of drug-likeness (QED) is 0.356. The number of rotatable bonds is 4. The third-order valence-electron chi connectivity index (χ3n) is 1.24. The SMILES string of the molecule is C=CN/C=C(/C(C)=O)C(N)=NC. The number of hydrogen-bond acceptors (Lipinski definition) is 3. The van der Waals surface area contributed by atoms with Gasteiger partial charge in [-0.25, -0.2) is 0 Å². The summed E-state index contributed by atoms with van der Waals surface area (Å²) in [6.07, 6.45) is 2.92. The minimum absolute atomic E-state index is 0.132. The molecule has 0 aliphatic heterocycles. The molecule has 0 saturated heterocycles. The summed E-state index contributed by atoms with van der Waals surface area (Å²) in [5.74, 6) is 0.0873. The highest BCUT2D eigenvalue weighted by atomic mass is 16.1. The van der Waals surface area contributed by atoms with Crippen LogP contribution >= 0.6 is 0 Å². The van der Waals surface area contributed by atoms with Crippen molar-refractivity contribution < 1.29 is 4.79 Å². The molecule has 0 spiro atoms. The minimum Gasteiger partial charge on any atom is -0.383 e. The molecule has 66 valence electrons. The maximum absolute atomic E-state index is 10.9. The van der Waals surface area contributed by atoms with Crippen LogP contribution in [0.5, 0.6) is 0 Å². The molecule has 0 bridgehead atoms. The zero-order chi connectivity index (χ0) is 9.56. The van der Waals surface area contributed by atoms with Crippen molar-refractivity contribution >= 4 is 11.6 Å². The molecule has 0 fully saturated rings. The van der Waals surface area contributed by atoms with Crippen molar-refractivity contribution in [1.82, 2.24) is 5.32 Å². The van der Waals surface area contributed by atoms with E-state index in [2.05, 4.69) is 16.9 Å². The molecule has 4 nitrogen and oxygen atoms in total. The van der Waals surface area contributed by atoms with E-state index in [0.29, 0.717) is 5.57 Å². The summed E-state index contributed by atoms with van der Waals surface area (Å²) in [4.78, 5) is 14.6. The molecule has 12 heavy (non-hydrogen) atoms. The fraction of sp³-hybridized carbons (Fsp3) is 0.250. The third-order valence-corrected chi connectivity index (χ3v) is 1.24. The van der Waals surface area contributed by atoms with Crippen molar-refractivity contribution in [2.24, 2.45) is 10.7 Å². The summed E-state index contributed by atoms with van der Waals surface area (Å²) in [6, 6.07) is 0. The number of Topliss-reactive ketones (excluding diaryl/α,β-unsaturated/α-hetero) is 1. The summed E-state index contributed by atoms with van der Waals surface area (Å²) in [5.41, 5.74) is 5.80. The number of ketones is 1. The fourth-order valence-electron chi connectivity index (χ4n) is 0.619. The molecule has 0 rings (SSSR count). The van der Waals surface area contributed by atoms with Crippen LogP contribution in [-0.4, -0.2) is 18.7 Å². The first kappa shape index (κ1) is 10.4. The van der Waals surface area contributed by atoms with Gasteiger partial charge in [0.1, 0.15) is 5.84 Å². The van der Waals surface area contributed by atoms with Crippen LogP contribution in [0.1, 0.15) is 6.92 Å². The number of nitrogens with one attached hydrogen (secondary N) is 1. The van der Waals surface area contributed by atoms with E-state index in [9.17, 15) is 4.79 Å². The summed E-state index contributed by atoms with van der Waals surface area (Å²) in [6.45, 7) is 4.85. The average molecular weight is 167 g/mol. The number of carbonyl (C=O) groups is 1. The molecule has 0 atom stereocenters. The zero-order valence-corrected chi connectivity index (χ0v) is 7.29. The Hall–Kier alpha value is -1.58. The van der Waals surface area contributed by atoms with Crippen LogP contribution in [0, 0.1) is 0 Å². The molecule has 0 aliphatic rings. The van der Waals surface area contributed by atoms with Crippen LogP contribution in [0.15, 0.2) is 29.5 Å². The minimum atomic E-state index is -0.132. The lowest BCUT2D eigenvalue weighted by molar-refractivity contribution is -0.113. The molecule has 0 aromatic carbocycles. The van der Waals surface area contributed by atoms with Crippen molar-refractivity contribution in [2.75, 3.05) is 7.05 Å². The van der Waals surface area contributed by atoms with Crippen LogP contribution in [0.2, 0.25) is 0 Å². The molecular formula is C8H13N3O. The molecule has 0 heterocycles. The van der Waals surface area contributed by atoms with Gasteiger partial charge < -0.3 is 11.1 Å². The molecule has 0 saturated carbocycles. The molecule has 0 aromatic rings. The van der Waals surface area contributed by atoms with Crippen LogP contribution in [0.4, 0.5) is 0 Å². The first-order valence-corrected chi connectivity index (χ1v) is 3.44. The van der Waals surface area contributed by atoms with E-state index >= 15 is 0 Å². The smallest absolute Gasteiger partial charge is 0.164 e. The Morgan fingerprint density at radius 1 is 1.67 bits per heavy atom. The zero-order valence-electron chi connectivity index (χ0n) is 7.29. The maximum atomic E-state index is 10.9. The van der Waals surface area contributed by atoms with Gasteiger partial charge in [-0.05, 0) is 13.1 Å². The maximum Gasteiger partial charge on any atom is 0.164 e. The summed E-state index contributed by atoms with van der Waals surface area (Å²) in [5, 5.41) is 2.67. The Bertz CT molecular complexity index is 241. The lowest BCUT2D eigenvalue weighted by Gasteiger charge is -2.01.